The first-order valence-corrected chi connectivity index (χ1v) is 28.0. The van der Waals surface area contributed by atoms with E-state index >= 15 is 0 Å². The van der Waals surface area contributed by atoms with Gasteiger partial charge < -0.3 is 46.1 Å². The Bertz CT molecular complexity index is 2740. The summed E-state index contributed by atoms with van der Waals surface area (Å²) in [4.78, 5) is 19.6. The minimum absolute atomic E-state index is 0.0502. The molecular formula is C63H79N3O8. The number of ether oxygens (including phenoxy) is 2. The van der Waals surface area contributed by atoms with Crippen LogP contribution in [0.2, 0.25) is 0 Å². The first-order chi connectivity index (χ1) is 35.9. The lowest BCUT2D eigenvalue weighted by Gasteiger charge is -2.54. The molecule has 1 aliphatic heterocycles. The van der Waals surface area contributed by atoms with E-state index in [0.29, 0.717) is 54.1 Å². The van der Waals surface area contributed by atoms with E-state index in [4.69, 9.17) is 20.2 Å². The fourth-order valence-corrected chi connectivity index (χ4v) is 14.9. The van der Waals surface area contributed by atoms with Gasteiger partial charge in [-0.25, -0.2) is 4.99 Å². The molecule has 0 unspecified atom stereocenters. The van der Waals surface area contributed by atoms with Crippen LogP contribution in [0.4, 0.5) is 0 Å². The van der Waals surface area contributed by atoms with Gasteiger partial charge in [-0.15, -0.1) is 0 Å². The van der Waals surface area contributed by atoms with E-state index < -0.39 is 22.9 Å². The number of aliphatic hydroxyl groups is 3. The van der Waals surface area contributed by atoms with Crippen molar-refractivity contribution in [3.05, 3.63) is 123 Å². The highest BCUT2D eigenvalue weighted by molar-refractivity contribution is 5.90. The number of fused-ring (bicyclic) bond motifs is 11. The van der Waals surface area contributed by atoms with Crippen molar-refractivity contribution < 1.29 is 39.8 Å². The lowest BCUT2D eigenvalue weighted by atomic mass is 9.51. The van der Waals surface area contributed by atoms with Crippen LogP contribution in [0.5, 0.6) is 17.2 Å². The van der Waals surface area contributed by atoms with Crippen molar-refractivity contribution >= 4 is 11.7 Å². The zero-order valence-electron chi connectivity index (χ0n) is 43.7. The SMILES string of the molecule is COC[C@H]1[C@@H]2c3c(O)c(OC4CCCC4)cc(CCC(=O)/C=C(\CO)[C@@H]4CCC=C[C@H]4CO)c3C#CC[C@@H]3C[C@]1(CO)C=C1[C@@H](C[C@@H](C)C[C@@H]12)c1cc(O)cc(c1)Cc1cccc(c1)C1(CCCCC1)NC(N)=N3. The number of phenolic OH excluding ortho intramolecular Hbond substituents is 2. The predicted octanol–water partition coefficient (Wildman–Crippen LogP) is 9.69. The second-order valence-corrected chi connectivity index (χ2v) is 23.3. The molecule has 0 aromatic heterocycles. The second-order valence-electron chi connectivity index (χ2n) is 23.3. The van der Waals surface area contributed by atoms with Gasteiger partial charge >= 0.3 is 0 Å². The van der Waals surface area contributed by atoms with E-state index in [9.17, 15) is 30.3 Å². The number of aryl methyl sites for hydroxylation is 1. The number of allylic oxidation sites excluding steroid dienone is 3. The maximum Gasteiger partial charge on any atom is 0.189 e. The van der Waals surface area contributed by atoms with Crippen molar-refractivity contribution in [2.45, 2.75) is 152 Å². The highest BCUT2D eigenvalue weighted by atomic mass is 16.5. The summed E-state index contributed by atoms with van der Waals surface area (Å²) in [6.07, 6.45) is 21.7. The Kier molecular flexibility index (Phi) is 15.8. The van der Waals surface area contributed by atoms with Crippen LogP contribution < -0.4 is 15.8 Å². The molecule has 3 saturated carbocycles. The molecule has 3 aromatic carbocycles. The van der Waals surface area contributed by atoms with E-state index in [-0.39, 0.29) is 91.7 Å². The average molecular weight is 1010 g/mol. The number of rotatable bonds is 12. The van der Waals surface area contributed by atoms with Crippen molar-refractivity contribution in [2.75, 3.05) is 33.5 Å². The summed E-state index contributed by atoms with van der Waals surface area (Å²) in [5.74, 6) is 6.99. The molecule has 8 bridgehead atoms. The molecule has 0 saturated heterocycles. The largest absolute Gasteiger partial charge is 0.508 e. The van der Waals surface area contributed by atoms with Crippen LogP contribution in [0.15, 0.2) is 89.0 Å². The molecule has 1 spiro atoms. The monoisotopic (exact) mass is 1010 g/mol. The number of aliphatic hydroxyl groups excluding tert-OH is 3. The summed E-state index contributed by atoms with van der Waals surface area (Å²) >= 11 is 0. The van der Waals surface area contributed by atoms with Gasteiger partial charge in [0.25, 0.3) is 0 Å². The number of carbonyl (C=O) groups excluding carboxylic acids is 1. The zero-order valence-corrected chi connectivity index (χ0v) is 43.7. The summed E-state index contributed by atoms with van der Waals surface area (Å²) in [6.45, 7) is 2.03. The predicted molar refractivity (Wildman–Crippen MR) is 289 cm³/mol. The number of aliphatic imine (C=N–C) groups is 1. The Hall–Kier alpha value is -5.38. The number of hydrogen-bond donors (Lipinski definition) is 7. The fourth-order valence-electron chi connectivity index (χ4n) is 14.9. The smallest absolute Gasteiger partial charge is 0.189 e. The van der Waals surface area contributed by atoms with E-state index in [1.807, 2.05) is 24.3 Å². The molecule has 0 radical (unpaired) electrons. The van der Waals surface area contributed by atoms with E-state index in [1.165, 1.54) is 11.1 Å². The van der Waals surface area contributed by atoms with Gasteiger partial charge in [-0.3, -0.25) is 4.79 Å². The zero-order chi connectivity index (χ0) is 51.6. The lowest BCUT2D eigenvalue weighted by Crippen LogP contribution is -2.51. The first kappa shape index (κ1) is 52.1. The molecule has 6 aliphatic carbocycles. The number of methoxy groups -OCH3 is 1. The minimum atomic E-state index is -0.921. The maximum atomic E-state index is 14.2. The van der Waals surface area contributed by atoms with Crippen molar-refractivity contribution in [3.8, 4) is 29.1 Å². The Morgan fingerprint density at radius 3 is 2.58 bits per heavy atom. The summed E-state index contributed by atoms with van der Waals surface area (Å²) in [5, 5.41) is 61.7. The Labute approximate surface area is 438 Å². The standard InChI is InChI=1S/C63H79N3O8/c1-39-24-53-44-27-41(29-49(71)30-44)26-40-12-10-14-46(28-40)63(22-8-3-9-23-63)66-61(64)65-47-15-11-19-52-42(20-21-48(70)31-45(36-68)51-18-7-4-13-43(51)35-67)32-57(74-50-16-5-6-17-50)60(72)59(52)58-54(25-39)55(53)34-62(33-47,38-69)56(58)37-73-2/h4,10,12-14,27-32,34,39,43,47,50-51,53-54,56,58,67-69,71-72H,3,5-9,15-18,20-26,33,35-38H2,1-2H3,(H3,64,65,66)/b45-31+/t39-,43+,47-,51-,53+,54+,56+,58-,62-/m1/s1. The van der Waals surface area contributed by atoms with Crippen LogP contribution in [0.25, 0.3) is 0 Å². The number of hydrogen-bond acceptors (Lipinski definition) is 11. The van der Waals surface area contributed by atoms with Gasteiger partial charge in [-0.05, 0) is 159 Å². The summed E-state index contributed by atoms with van der Waals surface area (Å²) < 4.78 is 13.1. The minimum Gasteiger partial charge on any atom is -0.508 e. The van der Waals surface area contributed by atoms with Crippen LogP contribution in [0.1, 0.15) is 160 Å². The number of carbonyl (C=O) groups is 1. The third kappa shape index (κ3) is 10.6. The molecule has 3 fully saturated rings. The third-order valence-corrected chi connectivity index (χ3v) is 18.4. The van der Waals surface area contributed by atoms with Crippen LogP contribution in [-0.4, -0.2) is 83.0 Å². The Balaban J connectivity index is 1.18. The molecule has 11 heteroatoms. The molecule has 74 heavy (non-hydrogen) atoms. The molecule has 7 aliphatic rings. The van der Waals surface area contributed by atoms with Crippen LogP contribution >= 0.6 is 0 Å². The molecule has 9 atom stereocenters. The van der Waals surface area contributed by atoms with E-state index in [1.54, 1.807) is 13.2 Å². The molecule has 10 rings (SSSR count). The number of nitrogens with one attached hydrogen (secondary N) is 1. The summed E-state index contributed by atoms with van der Waals surface area (Å²) in [7, 11) is 1.71. The number of nitrogens with two attached hydrogens (primary N) is 1. The van der Waals surface area contributed by atoms with Crippen LogP contribution in [0, 0.1) is 46.8 Å². The molecular weight excluding hydrogens is 927 g/mol. The van der Waals surface area contributed by atoms with Gasteiger partial charge in [0, 0.05) is 66.8 Å². The molecule has 8 N–H and O–H groups in total. The lowest BCUT2D eigenvalue weighted by molar-refractivity contribution is -0.114. The topological polar surface area (TPSA) is 187 Å². The Morgan fingerprint density at radius 2 is 1.81 bits per heavy atom. The first-order valence-electron chi connectivity index (χ1n) is 28.0. The Morgan fingerprint density at radius 1 is 0.986 bits per heavy atom. The molecule has 0 amide bonds. The van der Waals surface area contributed by atoms with E-state index in [2.05, 4.69) is 66.6 Å². The van der Waals surface area contributed by atoms with Gasteiger partial charge in [0.1, 0.15) is 5.75 Å². The average Bonchev–Trinajstić information content (AvgIpc) is 3.92. The highest BCUT2D eigenvalue weighted by Gasteiger charge is 2.54. The van der Waals surface area contributed by atoms with Gasteiger partial charge in [-0.2, -0.15) is 0 Å². The van der Waals surface area contributed by atoms with Crippen LogP contribution in [0.3, 0.4) is 0 Å². The van der Waals surface area contributed by atoms with Gasteiger partial charge in [-0.1, -0.05) is 92.2 Å². The van der Waals surface area contributed by atoms with Crippen LogP contribution in [-0.2, 0) is 27.9 Å². The number of ketones is 1. The molecule has 11 nitrogen and oxygen atoms in total. The number of aromatic hydroxyl groups is 2. The number of benzene rings is 3. The van der Waals surface area contributed by atoms with Gasteiger partial charge in [0.15, 0.2) is 23.2 Å². The normalized spacial score (nSPS) is 29.6. The quantitative estimate of drug-likeness (QED) is 0.0523. The summed E-state index contributed by atoms with van der Waals surface area (Å²) in [5.41, 5.74) is 14.1. The van der Waals surface area contributed by atoms with Crippen molar-refractivity contribution in [2.24, 2.45) is 45.7 Å². The summed E-state index contributed by atoms with van der Waals surface area (Å²) in [6, 6.07) is 16.4. The van der Waals surface area contributed by atoms with E-state index in [0.717, 1.165) is 106 Å². The van der Waals surface area contributed by atoms with Gasteiger partial charge in [0.05, 0.1) is 37.5 Å². The second kappa shape index (κ2) is 22.5. The number of nitrogens with zero attached hydrogens (tertiary/aromatic N) is 1. The van der Waals surface area contributed by atoms with Crippen molar-refractivity contribution in [1.29, 1.82) is 0 Å². The third-order valence-electron chi connectivity index (χ3n) is 18.4. The maximum absolute atomic E-state index is 14.2. The highest BCUT2D eigenvalue weighted by Crippen LogP contribution is 2.62. The van der Waals surface area contributed by atoms with Crippen molar-refractivity contribution in [1.82, 2.24) is 5.32 Å². The molecule has 394 valence electrons. The van der Waals surface area contributed by atoms with Crippen molar-refractivity contribution in [3.63, 3.8) is 0 Å². The number of phenols is 2. The molecule has 1 heterocycles. The molecule has 3 aromatic rings. The number of guanidine groups is 1. The fraction of sp³-hybridized carbons (Fsp3) is 0.556. The van der Waals surface area contributed by atoms with Gasteiger partial charge in [0.2, 0.25) is 0 Å².